The molecule has 3 rings (SSSR count). The summed E-state index contributed by atoms with van der Waals surface area (Å²) in [4.78, 5) is 12.4. The first-order valence-electron chi connectivity index (χ1n) is 8.58. The van der Waals surface area contributed by atoms with Gasteiger partial charge in [0, 0.05) is 19.1 Å². The number of nitrogens with one attached hydrogen (secondary N) is 1. The number of hydrogen-bond acceptors (Lipinski definition) is 2. The third-order valence-electron chi connectivity index (χ3n) is 5.09. The highest BCUT2D eigenvalue weighted by Crippen LogP contribution is 2.34. The Kier molecular flexibility index (Phi) is 5.01. The number of nitrogens with zero attached hydrogens (tertiary/aromatic N) is 1. The minimum atomic E-state index is -0.778. The van der Waals surface area contributed by atoms with Crippen LogP contribution in [0.4, 0.5) is 4.79 Å². The minimum Gasteiger partial charge on any atom is -0.465 e. The fraction of sp³-hybridized carbons (Fsp3) is 0.526. The van der Waals surface area contributed by atoms with Gasteiger partial charge >= 0.3 is 6.09 Å². The third kappa shape index (κ3) is 4.35. The molecule has 23 heavy (non-hydrogen) atoms. The molecule has 4 heteroatoms. The van der Waals surface area contributed by atoms with Crippen LogP contribution in [0.1, 0.15) is 31.7 Å². The Labute approximate surface area is 138 Å². The Morgan fingerprint density at radius 1 is 1.30 bits per heavy atom. The number of carbonyl (C=O) groups is 1. The van der Waals surface area contributed by atoms with Gasteiger partial charge in [-0.05, 0) is 55.7 Å². The van der Waals surface area contributed by atoms with Gasteiger partial charge in [0.1, 0.15) is 0 Å². The molecule has 0 spiro atoms. The van der Waals surface area contributed by atoms with Crippen LogP contribution >= 0.6 is 0 Å². The van der Waals surface area contributed by atoms with E-state index >= 15 is 0 Å². The summed E-state index contributed by atoms with van der Waals surface area (Å²) >= 11 is 0. The lowest BCUT2D eigenvalue weighted by molar-refractivity contribution is 0.124. The van der Waals surface area contributed by atoms with E-state index in [4.69, 9.17) is 5.11 Å². The summed E-state index contributed by atoms with van der Waals surface area (Å²) in [6.07, 6.45) is 4.80. The average molecular weight is 314 g/mol. The third-order valence-corrected chi connectivity index (χ3v) is 5.09. The van der Waals surface area contributed by atoms with Crippen LogP contribution in [-0.4, -0.2) is 41.8 Å². The van der Waals surface area contributed by atoms with Crippen molar-refractivity contribution in [3.8, 4) is 0 Å². The summed E-state index contributed by atoms with van der Waals surface area (Å²) in [5.41, 5.74) is 2.66. The predicted octanol–water partition coefficient (Wildman–Crippen LogP) is 3.46. The van der Waals surface area contributed by atoms with E-state index in [1.54, 1.807) is 0 Å². The first-order chi connectivity index (χ1) is 11.1. The second kappa shape index (κ2) is 7.18. The lowest BCUT2D eigenvalue weighted by Crippen LogP contribution is -2.40. The number of likely N-dealkylation sites (tertiary alicyclic amines) is 1. The van der Waals surface area contributed by atoms with Gasteiger partial charge in [0.2, 0.25) is 0 Å². The number of piperidine rings is 1. The molecule has 0 bridgehead atoms. The van der Waals surface area contributed by atoms with Gasteiger partial charge in [-0.15, -0.1) is 0 Å². The van der Waals surface area contributed by atoms with Crippen LogP contribution in [0.3, 0.4) is 0 Å². The summed E-state index contributed by atoms with van der Waals surface area (Å²) in [6.45, 7) is 4.57. The summed E-state index contributed by atoms with van der Waals surface area (Å²) in [5.74, 6) is 1.26. The molecule has 0 aromatic heterocycles. The maximum atomic E-state index is 10.9. The highest BCUT2D eigenvalue weighted by atomic mass is 16.4. The molecule has 4 nitrogen and oxygen atoms in total. The maximum Gasteiger partial charge on any atom is 0.407 e. The SMILES string of the molecule is CC(=CC1CC1NCC1CCN(C(=O)O)CC1)c1ccccc1. The minimum absolute atomic E-state index is 0.603. The number of rotatable bonds is 5. The van der Waals surface area contributed by atoms with Crippen LogP contribution in [0.25, 0.3) is 5.57 Å². The Hall–Kier alpha value is -1.81. The number of allylic oxidation sites excluding steroid dienone is 1. The molecule has 0 radical (unpaired) electrons. The lowest BCUT2D eigenvalue weighted by Gasteiger charge is -2.30. The second-order valence-corrected chi connectivity index (χ2v) is 6.84. The Balaban J connectivity index is 1.40. The first kappa shape index (κ1) is 16.1. The Morgan fingerprint density at radius 2 is 2.00 bits per heavy atom. The molecule has 1 aliphatic carbocycles. The van der Waals surface area contributed by atoms with Crippen LogP contribution in [0.2, 0.25) is 0 Å². The van der Waals surface area contributed by atoms with E-state index in [2.05, 4.69) is 42.6 Å². The normalized spacial score (nSPS) is 25.4. The van der Waals surface area contributed by atoms with Crippen LogP contribution in [0, 0.1) is 11.8 Å². The van der Waals surface area contributed by atoms with Crippen molar-refractivity contribution in [2.75, 3.05) is 19.6 Å². The van der Waals surface area contributed by atoms with E-state index in [1.165, 1.54) is 22.5 Å². The lowest BCUT2D eigenvalue weighted by atomic mass is 9.97. The van der Waals surface area contributed by atoms with E-state index in [1.807, 2.05) is 6.07 Å². The number of hydrogen-bond donors (Lipinski definition) is 2. The molecule has 2 N–H and O–H groups in total. The maximum absolute atomic E-state index is 10.9. The summed E-state index contributed by atoms with van der Waals surface area (Å²) < 4.78 is 0. The van der Waals surface area contributed by atoms with Crippen molar-refractivity contribution >= 4 is 11.7 Å². The molecule has 1 heterocycles. The molecule has 1 amide bonds. The molecule has 1 saturated carbocycles. The highest BCUT2D eigenvalue weighted by Gasteiger charge is 2.35. The largest absolute Gasteiger partial charge is 0.465 e. The average Bonchev–Trinajstić information content (AvgIpc) is 3.32. The molecule has 2 atom stereocenters. The van der Waals surface area contributed by atoms with Crippen molar-refractivity contribution < 1.29 is 9.90 Å². The van der Waals surface area contributed by atoms with Crippen molar-refractivity contribution in [1.82, 2.24) is 10.2 Å². The highest BCUT2D eigenvalue weighted by molar-refractivity contribution is 5.65. The van der Waals surface area contributed by atoms with Gasteiger partial charge in [-0.2, -0.15) is 0 Å². The molecule has 1 saturated heterocycles. The van der Waals surface area contributed by atoms with E-state index in [-0.39, 0.29) is 0 Å². The van der Waals surface area contributed by atoms with Gasteiger partial charge in [-0.1, -0.05) is 36.4 Å². The predicted molar refractivity (Wildman–Crippen MR) is 92.3 cm³/mol. The zero-order valence-electron chi connectivity index (χ0n) is 13.7. The Morgan fingerprint density at radius 3 is 2.65 bits per heavy atom. The van der Waals surface area contributed by atoms with Gasteiger partial charge < -0.3 is 15.3 Å². The molecule has 2 aliphatic rings. The molecule has 124 valence electrons. The summed E-state index contributed by atoms with van der Waals surface area (Å²) in [5, 5.41) is 12.6. The van der Waals surface area contributed by atoms with Crippen LogP contribution in [0.5, 0.6) is 0 Å². The Bertz CT molecular complexity index is 562. The monoisotopic (exact) mass is 314 g/mol. The summed E-state index contributed by atoms with van der Waals surface area (Å²) in [7, 11) is 0. The molecule has 2 unspecified atom stereocenters. The zero-order valence-corrected chi connectivity index (χ0v) is 13.7. The standard InChI is InChI=1S/C19H26N2O2/c1-14(16-5-3-2-4-6-16)11-17-12-18(17)20-13-15-7-9-21(10-8-15)19(22)23/h2-6,11,15,17-18,20H,7-10,12-13H2,1H3,(H,22,23). The topological polar surface area (TPSA) is 52.6 Å². The van der Waals surface area contributed by atoms with E-state index < -0.39 is 6.09 Å². The van der Waals surface area contributed by atoms with Gasteiger partial charge in [-0.3, -0.25) is 0 Å². The van der Waals surface area contributed by atoms with Crippen molar-refractivity contribution in [2.45, 2.75) is 32.2 Å². The molecule has 2 fully saturated rings. The molecule has 1 aromatic rings. The van der Waals surface area contributed by atoms with Crippen molar-refractivity contribution in [3.63, 3.8) is 0 Å². The van der Waals surface area contributed by atoms with Crippen molar-refractivity contribution in [3.05, 3.63) is 42.0 Å². The smallest absolute Gasteiger partial charge is 0.407 e. The van der Waals surface area contributed by atoms with E-state index in [9.17, 15) is 4.79 Å². The number of carboxylic acid groups (broad SMARTS) is 1. The number of benzene rings is 1. The van der Waals surface area contributed by atoms with Gasteiger partial charge in [0.25, 0.3) is 0 Å². The quantitative estimate of drug-likeness (QED) is 0.875. The van der Waals surface area contributed by atoms with E-state index in [0.717, 1.165) is 19.4 Å². The van der Waals surface area contributed by atoms with Gasteiger partial charge in [0.15, 0.2) is 0 Å². The summed E-state index contributed by atoms with van der Waals surface area (Å²) in [6, 6.07) is 11.1. The second-order valence-electron chi connectivity index (χ2n) is 6.84. The van der Waals surface area contributed by atoms with Crippen LogP contribution in [0.15, 0.2) is 36.4 Å². The van der Waals surface area contributed by atoms with Crippen LogP contribution < -0.4 is 5.32 Å². The molecular formula is C19H26N2O2. The van der Waals surface area contributed by atoms with Crippen molar-refractivity contribution in [2.24, 2.45) is 11.8 Å². The first-order valence-corrected chi connectivity index (χ1v) is 8.58. The van der Waals surface area contributed by atoms with Crippen molar-refractivity contribution in [1.29, 1.82) is 0 Å². The van der Waals surface area contributed by atoms with E-state index in [0.29, 0.717) is 31.0 Å². The molecule has 1 aromatic carbocycles. The number of amides is 1. The molecule has 1 aliphatic heterocycles. The zero-order chi connectivity index (χ0) is 16.2. The fourth-order valence-electron chi connectivity index (χ4n) is 3.40. The molecular weight excluding hydrogens is 288 g/mol. The van der Waals surface area contributed by atoms with Crippen LogP contribution in [-0.2, 0) is 0 Å². The van der Waals surface area contributed by atoms with Gasteiger partial charge in [-0.25, -0.2) is 4.79 Å². The van der Waals surface area contributed by atoms with Gasteiger partial charge in [0.05, 0.1) is 0 Å². The fourth-order valence-corrected chi connectivity index (χ4v) is 3.40.